The normalized spacial score (nSPS) is 39.6. The van der Waals surface area contributed by atoms with E-state index in [1.165, 1.54) is 51.4 Å². The summed E-state index contributed by atoms with van der Waals surface area (Å²) in [6.45, 7) is 4.51. The van der Waals surface area contributed by atoms with Gasteiger partial charge in [-0.25, -0.2) is 0 Å². The van der Waals surface area contributed by atoms with Gasteiger partial charge in [0.25, 0.3) is 0 Å². The van der Waals surface area contributed by atoms with E-state index in [2.05, 4.69) is 13.8 Å². The molecule has 4 atom stereocenters. The van der Waals surface area contributed by atoms with Crippen LogP contribution in [0, 0.1) is 11.8 Å². The van der Waals surface area contributed by atoms with E-state index in [1.54, 1.807) is 0 Å². The van der Waals surface area contributed by atoms with Crippen molar-refractivity contribution in [3.05, 3.63) is 0 Å². The van der Waals surface area contributed by atoms with Gasteiger partial charge in [-0.2, -0.15) is 0 Å². The summed E-state index contributed by atoms with van der Waals surface area (Å²) >= 11 is 0. The predicted molar refractivity (Wildman–Crippen MR) is 74.3 cm³/mol. The van der Waals surface area contributed by atoms with Crippen molar-refractivity contribution in [3.8, 4) is 0 Å². The fraction of sp³-hybridized carbons (Fsp3) is 1.00. The van der Waals surface area contributed by atoms with Crippen LogP contribution in [0.3, 0.4) is 0 Å². The van der Waals surface area contributed by atoms with E-state index in [0.717, 1.165) is 11.8 Å². The van der Waals surface area contributed by atoms with Crippen molar-refractivity contribution in [1.29, 1.82) is 0 Å². The van der Waals surface area contributed by atoms with Crippen LogP contribution in [-0.2, 0) is 0 Å². The van der Waals surface area contributed by atoms with Crippen molar-refractivity contribution in [3.63, 3.8) is 0 Å². The van der Waals surface area contributed by atoms with Crippen molar-refractivity contribution in [2.24, 2.45) is 11.8 Å². The minimum atomic E-state index is 0.503. The maximum Gasteiger partial charge on any atom is 0.0703 e. The molecule has 0 nitrogen and oxygen atoms in total. The highest BCUT2D eigenvalue weighted by Crippen LogP contribution is 2.31. The van der Waals surface area contributed by atoms with Gasteiger partial charge in [0, 0.05) is 0 Å². The van der Waals surface area contributed by atoms with Crippen molar-refractivity contribution in [2.45, 2.75) is 76.8 Å². The van der Waals surface area contributed by atoms with Crippen molar-refractivity contribution in [2.75, 3.05) is 0 Å². The molecule has 88 valence electrons. The van der Waals surface area contributed by atoms with Crippen LogP contribution >= 0.6 is 0 Å². The zero-order valence-corrected chi connectivity index (χ0v) is 11.1. The zero-order chi connectivity index (χ0) is 12.0. The molecule has 2 fully saturated rings. The van der Waals surface area contributed by atoms with E-state index in [9.17, 15) is 0 Å². The molecular weight excluding hydrogens is 190 g/mol. The second-order valence-corrected chi connectivity index (χ2v) is 5.85. The van der Waals surface area contributed by atoms with Gasteiger partial charge in [-0.05, 0) is 11.8 Å². The van der Waals surface area contributed by atoms with Crippen LogP contribution in [0.25, 0.3) is 0 Å². The largest absolute Gasteiger partial charge is 0.0749 e. The Morgan fingerprint density at radius 2 is 0.938 bits per heavy atom. The van der Waals surface area contributed by atoms with Crippen LogP contribution in [0.5, 0.6) is 0 Å². The lowest BCUT2D eigenvalue weighted by atomic mass is 9.69. The topological polar surface area (TPSA) is 0 Å². The zero-order valence-electron chi connectivity index (χ0n) is 11.1. The summed E-state index contributed by atoms with van der Waals surface area (Å²) in [5, 5.41) is 0. The maximum atomic E-state index is 5.78. The Morgan fingerprint density at radius 3 is 1.12 bits per heavy atom. The Kier molecular flexibility index (Phi) is 6.61. The Labute approximate surface area is 105 Å². The molecule has 0 amide bonds. The second-order valence-electron chi connectivity index (χ2n) is 5.85. The van der Waals surface area contributed by atoms with Gasteiger partial charge < -0.3 is 0 Å². The Balaban J connectivity index is 0.000000160. The molecule has 0 saturated heterocycles. The molecule has 2 rings (SSSR count). The van der Waals surface area contributed by atoms with Crippen molar-refractivity contribution in [1.82, 2.24) is 0 Å². The molecule has 0 heterocycles. The number of rotatable bonds is 0. The van der Waals surface area contributed by atoms with Crippen LogP contribution in [0.1, 0.15) is 65.2 Å². The highest BCUT2D eigenvalue weighted by molar-refractivity contribution is 6.12. The average Bonchev–Trinajstić information content (AvgIpc) is 2.28. The minimum absolute atomic E-state index is 0.503. The molecule has 0 aromatic carbocycles. The first kappa shape index (κ1) is 14.2. The lowest BCUT2D eigenvalue weighted by molar-refractivity contribution is 0.386. The molecule has 0 aromatic heterocycles. The first-order valence-corrected chi connectivity index (χ1v) is 7.12. The van der Waals surface area contributed by atoms with Gasteiger partial charge in [0.05, 0.1) is 15.7 Å². The third kappa shape index (κ3) is 4.97. The third-order valence-corrected chi connectivity index (χ3v) is 4.36. The molecule has 2 aliphatic carbocycles. The Bertz CT molecular complexity index is 142. The van der Waals surface area contributed by atoms with E-state index in [-0.39, 0.29) is 0 Å². The van der Waals surface area contributed by atoms with E-state index < -0.39 is 0 Å². The van der Waals surface area contributed by atoms with E-state index >= 15 is 0 Å². The summed E-state index contributed by atoms with van der Waals surface area (Å²) in [6, 6.07) is 0. The van der Waals surface area contributed by atoms with E-state index in [0.29, 0.717) is 11.6 Å². The van der Waals surface area contributed by atoms with E-state index in [1.807, 2.05) is 0 Å². The van der Waals surface area contributed by atoms with Crippen molar-refractivity contribution >= 4 is 15.7 Å². The smallest absolute Gasteiger partial charge is 0.0703 e. The molecule has 0 aromatic rings. The summed E-state index contributed by atoms with van der Waals surface area (Å²) in [5.41, 5.74) is 0. The lowest BCUT2D eigenvalue weighted by Gasteiger charge is -2.24. The summed E-state index contributed by atoms with van der Waals surface area (Å²) < 4.78 is 0. The van der Waals surface area contributed by atoms with Gasteiger partial charge in [-0.15, -0.1) is 0 Å². The molecule has 0 bridgehead atoms. The fourth-order valence-corrected chi connectivity index (χ4v) is 2.69. The Hall–Kier alpha value is 0.130. The summed E-state index contributed by atoms with van der Waals surface area (Å²) in [4.78, 5) is 0. The second kappa shape index (κ2) is 7.45. The quantitative estimate of drug-likeness (QED) is 0.529. The van der Waals surface area contributed by atoms with Crippen LogP contribution in [0.15, 0.2) is 0 Å². The monoisotopic (exact) mass is 216 g/mol. The molecular formula is C14H26B2. The first-order chi connectivity index (χ1) is 7.61. The molecule has 2 heteroatoms. The van der Waals surface area contributed by atoms with Gasteiger partial charge >= 0.3 is 0 Å². The summed E-state index contributed by atoms with van der Waals surface area (Å²) in [7, 11) is 11.6. The van der Waals surface area contributed by atoms with Crippen LogP contribution < -0.4 is 0 Å². The fourth-order valence-electron chi connectivity index (χ4n) is 2.69. The molecule has 0 spiro atoms. The minimum Gasteiger partial charge on any atom is -0.0749 e. The molecule has 0 N–H and O–H groups in total. The number of hydrogen-bond acceptors (Lipinski definition) is 0. The molecule has 2 saturated carbocycles. The predicted octanol–water partition coefficient (Wildman–Crippen LogP) is 4.31. The SMILES string of the molecule is [B][C@@H]1CCCC[C@H]1C.[B][C@H]1CCCC[C@@H]1C. The molecule has 4 radical (unpaired) electrons. The van der Waals surface area contributed by atoms with Crippen LogP contribution in [-0.4, -0.2) is 15.7 Å². The van der Waals surface area contributed by atoms with Gasteiger partial charge in [0.1, 0.15) is 0 Å². The van der Waals surface area contributed by atoms with E-state index in [4.69, 9.17) is 15.7 Å². The standard InChI is InChI=1S/2C7H13B/c2*1-6-4-2-3-5-7(6)8/h2*6-7H,2-5H2,1H3/t2*6-,7-/m10/s1. The molecule has 2 aliphatic rings. The van der Waals surface area contributed by atoms with Gasteiger partial charge in [0.15, 0.2) is 0 Å². The van der Waals surface area contributed by atoms with Crippen molar-refractivity contribution < 1.29 is 0 Å². The molecule has 16 heavy (non-hydrogen) atoms. The third-order valence-electron chi connectivity index (χ3n) is 4.36. The van der Waals surface area contributed by atoms with Gasteiger partial charge in [-0.1, -0.05) is 76.8 Å². The lowest BCUT2D eigenvalue weighted by Crippen LogP contribution is -2.10. The van der Waals surface area contributed by atoms with Crippen LogP contribution in [0.2, 0.25) is 11.6 Å². The number of hydrogen-bond donors (Lipinski definition) is 0. The van der Waals surface area contributed by atoms with Crippen LogP contribution in [0.4, 0.5) is 0 Å². The first-order valence-electron chi connectivity index (χ1n) is 7.12. The summed E-state index contributed by atoms with van der Waals surface area (Å²) in [5.74, 6) is 2.57. The van der Waals surface area contributed by atoms with Gasteiger partial charge in [-0.3, -0.25) is 0 Å². The highest BCUT2D eigenvalue weighted by atomic mass is 14.2. The molecule has 0 unspecified atom stereocenters. The maximum absolute atomic E-state index is 5.78. The highest BCUT2D eigenvalue weighted by Gasteiger charge is 2.15. The molecule has 0 aliphatic heterocycles. The Morgan fingerprint density at radius 1 is 0.625 bits per heavy atom. The summed E-state index contributed by atoms with van der Waals surface area (Å²) in [6.07, 6.45) is 10.7. The van der Waals surface area contributed by atoms with Gasteiger partial charge in [0.2, 0.25) is 0 Å². The average molecular weight is 216 g/mol.